The normalized spacial score (nSPS) is 17.4. The number of thiazole rings is 1. The summed E-state index contributed by atoms with van der Waals surface area (Å²) in [4.78, 5) is 33.1. The average molecular weight is 407 g/mol. The predicted molar refractivity (Wildman–Crippen MR) is 105 cm³/mol. The van der Waals surface area contributed by atoms with E-state index in [0.717, 1.165) is 9.88 Å². The Morgan fingerprint density at radius 2 is 2.15 bits per heavy atom. The number of aliphatic hydroxyl groups excluding tert-OH is 1. The average Bonchev–Trinajstić information content (AvgIpc) is 3.29. The number of hydrogen-bond donors (Lipinski definition) is 1. The van der Waals surface area contributed by atoms with Crippen LogP contribution in [0.25, 0.3) is 0 Å². The minimum absolute atomic E-state index is 0.0355. The van der Waals surface area contributed by atoms with E-state index in [2.05, 4.69) is 4.98 Å². The Balaban J connectivity index is 1.98. The molecule has 0 spiro atoms. The summed E-state index contributed by atoms with van der Waals surface area (Å²) in [6, 6.07) is 3.13. The molecule has 1 aliphatic rings. The number of ether oxygens (including phenoxy) is 1. The molecule has 2 aromatic rings. The summed E-state index contributed by atoms with van der Waals surface area (Å²) >= 11 is 2.73. The lowest BCUT2D eigenvalue weighted by molar-refractivity contribution is -0.130. The van der Waals surface area contributed by atoms with Crippen molar-refractivity contribution in [2.75, 3.05) is 13.2 Å². The Labute approximate surface area is 166 Å². The second-order valence-corrected chi connectivity index (χ2v) is 8.76. The highest BCUT2D eigenvalue weighted by Crippen LogP contribution is 2.41. The largest absolute Gasteiger partial charge is 0.503 e. The Morgan fingerprint density at radius 3 is 2.70 bits per heavy atom. The summed E-state index contributed by atoms with van der Waals surface area (Å²) in [7, 11) is 0. The second-order valence-electron chi connectivity index (χ2n) is 6.57. The number of rotatable bonds is 7. The molecule has 1 unspecified atom stereocenters. The molecule has 3 heterocycles. The van der Waals surface area contributed by atoms with Crippen molar-refractivity contribution in [3.63, 3.8) is 0 Å². The monoisotopic (exact) mass is 406 g/mol. The SMILES string of the molecule is Cc1nc(C)c(C(=O)C2=C(O)C(=O)N(CCOC(C)C)C2c2cccs2)s1. The summed E-state index contributed by atoms with van der Waals surface area (Å²) in [6.45, 7) is 8.05. The maximum Gasteiger partial charge on any atom is 0.290 e. The van der Waals surface area contributed by atoms with Gasteiger partial charge in [-0.3, -0.25) is 9.59 Å². The molecule has 0 aromatic carbocycles. The lowest BCUT2D eigenvalue weighted by atomic mass is 10.0. The van der Waals surface area contributed by atoms with Crippen LogP contribution in [0.1, 0.15) is 45.1 Å². The van der Waals surface area contributed by atoms with Gasteiger partial charge in [-0.25, -0.2) is 4.98 Å². The number of nitrogens with zero attached hydrogens (tertiary/aromatic N) is 2. The van der Waals surface area contributed by atoms with Gasteiger partial charge in [0.25, 0.3) is 5.91 Å². The number of aryl methyl sites for hydroxylation is 2. The van der Waals surface area contributed by atoms with Gasteiger partial charge in [-0.2, -0.15) is 0 Å². The lowest BCUT2D eigenvalue weighted by Gasteiger charge is -2.25. The number of aromatic nitrogens is 1. The number of carbonyl (C=O) groups is 2. The first-order valence-electron chi connectivity index (χ1n) is 8.69. The molecule has 6 nitrogen and oxygen atoms in total. The van der Waals surface area contributed by atoms with E-state index in [4.69, 9.17) is 4.74 Å². The van der Waals surface area contributed by atoms with Crippen molar-refractivity contribution in [3.8, 4) is 0 Å². The Bertz CT molecular complexity index is 884. The molecule has 1 atom stereocenters. The van der Waals surface area contributed by atoms with Crippen LogP contribution in [0.5, 0.6) is 0 Å². The fourth-order valence-electron chi connectivity index (χ4n) is 3.11. The summed E-state index contributed by atoms with van der Waals surface area (Å²) in [5, 5.41) is 13.2. The topological polar surface area (TPSA) is 79.7 Å². The molecule has 0 fully saturated rings. The van der Waals surface area contributed by atoms with Gasteiger partial charge < -0.3 is 14.7 Å². The fourth-order valence-corrected chi connectivity index (χ4v) is 4.83. The molecule has 0 saturated carbocycles. The maximum atomic E-state index is 13.2. The number of hydrogen-bond acceptors (Lipinski definition) is 7. The summed E-state index contributed by atoms with van der Waals surface area (Å²) in [6.07, 6.45) is 0.0355. The summed E-state index contributed by atoms with van der Waals surface area (Å²) in [5.41, 5.74) is 0.737. The molecule has 0 aliphatic carbocycles. The highest BCUT2D eigenvalue weighted by molar-refractivity contribution is 7.14. The number of aliphatic hydroxyl groups is 1. The van der Waals surface area contributed by atoms with E-state index < -0.39 is 17.7 Å². The van der Waals surface area contributed by atoms with E-state index in [-0.39, 0.29) is 17.5 Å². The zero-order valence-corrected chi connectivity index (χ0v) is 17.3. The van der Waals surface area contributed by atoms with Crippen LogP contribution in [0.15, 0.2) is 28.8 Å². The van der Waals surface area contributed by atoms with Crippen LogP contribution in [0.2, 0.25) is 0 Å². The first kappa shape index (κ1) is 19.7. The van der Waals surface area contributed by atoms with Crippen molar-refractivity contribution in [2.45, 2.75) is 39.8 Å². The molecule has 1 aliphatic heterocycles. The lowest BCUT2D eigenvalue weighted by Crippen LogP contribution is -2.34. The minimum Gasteiger partial charge on any atom is -0.503 e. The van der Waals surface area contributed by atoms with Crippen molar-refractivity contribution >= 4 is 34.4 Å². The second kappa shape index (κ2) is 7.92. The molecule has 2 aromatic heterocycles. The van der Waals surface area contributed by atoms with Crippen LogP contribution in [0, 0.1) is 13.8 Å². The smallest absolute Gasteiger partial charge is 0.290 e. The summed E-state index contributed by atoms with van der Waals surface area (Å²) < 4.78 is 5.57. The van der Waals surface area contributed by atoms with Crippen molar-refractivity contribution < 1.29 is 19.4 Å². The zero-order valence-electron chi connectivity index (χ0n) is 15.7. The molecule has 1 N–H and O–H groups in total. The molecule has 144 valence electrons. The Kier molecular flexibility index (Phi) is 5.78. The van der Waals surface area contributed by atoms with Crippen LogP contribution in [-0.4, -0.2) is 45.9 Å². The van der Waals surface area contributed by atoms with Crippen LogP contribution in [0.4, 0.5) is 0 Å². The summed E-state index contributed by atoms with van der Waals surface area (Å²) in [5.74, 6) is -1.36. The Hall–Kier alpha value is -2.03. The standard InChI is InChI=1S/C19H22N2O4S2/c1-10(2)25-8-7-21-15(13-6-5-9-26-13)14(17(23)19(21)24)16(22)18-11(3)20-12(4)27-18/h5-6,9-10,15,23H,7-8H2,1-4H3. The first-order chi connectivity index (χ1) is 12.8. The maximum absolute atomic E-state index is 13.2. The van der Waals surface area contributed by atoms with Gasteiger partial charge in [0, 0.05) is 11.4 Å². The van der Waals surface area contributed by atoms with Gasteiger partial charge in [0.05, 0.1) is 39.9 Å². The van der Waals surface area contributed by atoms with Crippen molar-refractivity contribution in [2.24, 2.45) is 0 Å². The quantitative estimate of drug-likeness (QED) is 0.707. The Morgan fingerprint density at radius 1 is 1.41 bits per heavy atom. The van der Waals surface area contributed by atoms with Gasteiger partial charge >= 0.3 is 0 Å². The third-order valence-corrected chi connectivity index (χ3v) is 6.25. The number of amides is 1. The third kappa shape index (κ3) is 3.83. The van der Waals surface area contributed by atoms with Gasteiger partial charge in [-0.1, -0.05) is 6.07 Å². The predicted octanol–water partition coefficient (Wildman–Crippen LogP) is 3.82. The van der Waals surface area contributed by atoms with Crippen LogP contribution in [0.3, 0.4) is 0 Å². The molecule has 0 bridgehead atoms. The van der Waals surface area contributed by atoms with Crippen LogP contribution in [-0.2, 0) is 9.53 Å². The molecular weight excluding hydrogens is 384 g/mol. The third-order valence-electron chi connectivity index (χ3n) is 4.25. The number of Topliss-reactive ketones (excluding diaryl/α,β-unsaturated/α-hetero) is 1. The fraction of sp³-hybridized carbons (Fsp3) is 0.421. The molecular formula is C19H22N2O4S2. The van der Waals surface area contributed by atoms with E-state index in [9.17, 15) is 14.7 Å². The van der Waals surface area contributed by atoms with Gasteiger partial charge in [0.15, 0.2) is 5.76 Å². The highest BCUT2D eigenvalue weighted by Gasteiger charge is 2.44. The van der Waals surface area contributed by atoms with Gasteiger partial charge in [-0.05, 0) is 39.1 Å². The van der Waals surface area contributed by atoms with E-state index in [0.29, 0.717) is 23.7 Å². The van der Waals surface area contributed by atoms with Gasteiger partial charge in [-0.15, -0.1) is 22.7 Å². The van der Waals surface area contributed by atoms with E-state index in [1.54, 1.807) is 6.92 Å². The number of ketones is 1. The molecule has 0 saturated heterocycles. The molecule has 0 radical (unpaired) electrons. The zero-order chi connectivity index (χ0) is 19.7. The number of carbonyl (C=O) groups excluding carboxylic acids is 2. The molecule has 27 heavy (non-hydrogen) atoms. The van der Waals surface area contributed by atoms with Crippen molar-refractivity contribution in [3.05, 3.63) is 49.3 Å². The van der Waals surface area contributed by atoms with E-state index in [1.165, 1.54) is 27.6 Å². The van der Waals surface area contributed by atoms with Crippen LogP contribution < -0.4 is 0 Å². The van der Waals surface area contributed by atoms with Gasteiger partial charge in [0.1, 0.15) is 0 Å². The highest BCUT2D eigenvalue weighted by atomic mass is 32.1. The molecule has 1 amide bonds. The first-order valence-corrected chi connectivity index (χ1v) is 10.4. The molecule has 3 rings (SSSR count). The molecule has 8 heteroatoms. The van der Waals surface area contributed by atoms with Crippen molar-refractivity contribution in [1.82, 2.24) is 9.88 Å². The van der Waals surface area contributed by atoms with Crippen LogP contribution >= 0.6 is 22.7 Å². The van der Waals surface area contributed by atoms with E-state index >= 15 is 0 Å². The van der Waals surface area contributed by atoms with Gasteiger partial charge in [0.2, 0.25) is 5.78 Å². The minimum atomic E-state index is -0.609. The van der Waals surface area contributed by atoms with Crippen molar-refractivity contribution in [1.29, 1.82) is 0 Å². The number of thiophene rings is 1. The van der Waals surface area contributed by atoms with E-state index in [1.807, 2.05) is 38.3 Å².